The molecular formula is C24H26O6. The van der Waals surface area contributed by atoms with Gasteiger partial charge in [0.05, 0.1) is 26.4 Å². The molecule has 6 nitrogen and oxygen atoms in total. The molecule has 2 aromatic carbocycles. The van der Waals surface area contributed by atoms with Crippen molar-refractivity contribution < 1.29 is 28.4 Å². The van der Waals surface area contributed by atoms with E-state index in [0.29, 0.717) is 51.1 Å². The topological polar surface area (TPSA) is 55.4 Å². The van der Waals surface area contributed by atoms with Crippen molar-refractivity contribution in [2.75, 3.05) is 52.9 Å². The zero-order valence-electron chi connectivity index (χ0n) is 16.9. The average molecular weight is 410 g/mol. The van der Waals surface area contributed by atoms with Gasteiger partial charge >= 0.3 is 0 Å². The summed E-state index contributed by atoms with van der Waals surface area (Å²) in [4.78, 5) is 0. The van der Waals surface area contributed by atoms with Gasteiger partial charge in [-0.1, -0.05) is 11.8 Å². The maximum atomic E-state index is 5.59. The molecule has 0 bridgehead atoms. The zero-order chi connectivity index (χ0) is 21.3. The Bertz CT molecular complexity index is 717. The largest absolute Gasteiger partial charge is 0.491 e. The molecule has 158 valence electrons. The number of ether oxygens (including phenoxy) is 6. The van der Waals surface area contributed by atoms with Crippen LogP contribution in [0.2, 0.25) is 0 Å². The first-order valence-electron chi connectivity index (χ1n) is 9.55. The van der Waals surface area contributed by atoms with E-state index in [1.807, 2.05) is 48.5 Å². The van der Waals surface area contributed by atoms with E-state index in [4.69, 9.17) is 41.3 Å². The molecular weight excluding hydrogens is 384 g/mol. The van der Waals surface area contributed by atoms with Gasteiger partial charge < -0.3 is 28.4 Å². The lowest BCUT2D eigenvalue weighted by molar-refractivity contribution is 0.0273. The van der Waals surface area contributed by atoms with E-state index in [2.05, 4.69) is 11.8 Å². The van der Waals surface area contributed by atoms with Crippen molar-refractivity contribution in [1.82, 2.24) is 0 Å². The first-order valence-corrected chi connectivity index (χ1v) is 9.55. The number of benzene rings is 2. The number of hydrogen-bond acceptors (Lipinski definition) is 6. The molecule has 0 aliphatic heterocycles. The highest BCUT2D eigenvalue weighted by Gasteiger charge is 1.98. The highest BCUT2D eigenvalue weighted by molar-refractivity contribution is 5.32. The van der Waals surface area contributed by atoms with Gasteiger partial charge in [-0.3, -0.25) is 0 Å². The van der Waals surface area contributed by atoms with Gasteiger partial charge in [-0.2, -0.15) is 0 Å². The highest BCUT2D eigenvalue weighted by Crippen LogP contribution is 2.18. The minimum atomic E-state index is 0.248. The van der Waals surface area contributed by atoms with Crippen molar-refractivity contribution in [2.24, 2.45) is 0 Å². The SMILES string of the molecule is C#CCOc1ccc(OCCOCCOCCOc2ccc(OCC#C)cc2)cc1. The summed E-state index contributed by atoms with van der Waals surface area (Å²) in [5.41, 5.74) is 0. The van der Waals surface area contributed by atoms with Gasteiger partial charge in [0, 0.05) is 0 Å². The van der Waals surface area contributed by atoms with Crippen LogP contribution in [0, 0.1) is 24.7 Å². The lowest BCUT2D eigenvalue weighted by Gasteiger charge is -2.09. The van der Waals surface area contributed by atoms with Crippen molar-refractivity contribution in [3.05, 3.63) is 48.5 Å². The molecule has 0 aromatic heterocycles. The minimum Gasteiger partial charge on any atom is -0.491 e. The lowest BCUT2D eigenvalue weighted by Crippen LogP contribution is -2.13. The van der Waals surface area contributed by atoms with E-state index < -0.39 is 0 Å². The molecule has 0 unspecified atom stereocenters. The van der Waals surface area contributed by atoms with Crippen molar-refractivity contribution in [3.63, 3.8) is 0 Å². The molecule has 2 aromatic rings. The van der Waals surface area contributed by atoms with Crippen LogP contribution in [-0.2, 0) is 9.47 Å². The minimum absolute atomic E-state index is 0.248. The molecule has 0 amide bonds. The molecule has 0 fully saturated rings. The Morgan fingerprint density at radius 2 is 0.767 bits per heavy atom. The summed E-state index contributed by atoms with van der Waals surface area (Å²) in [6, 6.07) is 14.5. The summed E-state index contributed by atoms with van der Waals surface area (Å²) < 4.78 is 32.7. The molecule has 0 saturated heterocycles. The molecule has 0 saturated carbocycles. The summed E-state index contributed by atoms with van der Waals surface area (Å²) in [6.45, 7) is 3.33. The maximum absolute atomic E-state index is 5.59. The van der Waals surface area contributed by atoms with Crippen LogP contribution in [0.3, 0.4) is 0 Å². The Hall–Kier alpha value is -3.32. The monoisotopic (exact) mass is 410 g/mol. The van der Waals surface area contributed by atoms with E-state index in [9.17, 15) is 0 Å². The fourth-order valence-electron chi connectivity index (χ4n) is 2.27. The molecule has 6 heteroatoms. The molecule has 0 atom stereocenters. The normalized spacial score (nSPS) is 9.93. The van der Waals surface area contributed by atoms with Crippen molar-refractivity contribution in [1.29, 1.82) is 0 Å². The maximum Gasteiger partial charge on any atom is 0.148 e. The number of hydrogen-bond donors (Lipinski definition) is 0. The summed E-state index contributed by atoms with van der Waals surface area (Å²) >= 11 is 0. The van der Waals surface area contributed by atoms with Crippen LogP contribution in [0.1, 0.15) is 0 Å². The molecule has 0 N–H and O–H groups in total. The smallest absolute Gasteiger partial charge is 0.148 e. The van der Waals surface area contributed by atoms with Gasteiger partial charge in [0.2, 0.25) is 0 Å². The third-order valence-electron chi connectivity index (χ3n) is 3.66. The van der Waals surface area contributed by atoms with Crippen molar-refractivity contribution in [2.45, 2.75) is 0 Å². The van der Waals surface area contributed by atoms with Crippen LogP contribution < -0.4 is 18.9 Å². The lowest BCUT2D eigenvalue weighted by atomic mass is 10.3. The Morgan fingerprint density at radius 3 is 1.10 bits per heavy atom. The van der Waals surface area contributed by atoms with Gasteiger partial charge in [0.15, 0.2) is 0 Å². The van der Waals surface area contributed by atoms with E-state index in [0.717, 1.165) is 11.5 Å². The van der Waals surface area contributed by atoms with Crippen LogP contribution in [0.15, 0.2) is 48.5 Å². The second-order valence-electron chi connectivity index (χ2n) is 5.85. The second kappa shape index (κ2) is 14.6. The predicted molar refractivity (Wildman–Crippen MR) is 114 cm³/mol. The van der Waals surface area contributed by atoms with Crippen LogP contribution >= 0.6 is 0 Å². The summed E-state index contributed by atoms with van der Waals surface area (Å²) in [7, 11) is 0. The molecule has 0 heterocycles. The predicted octanol–water partition coefficient (Wildman–Crippen LogP) is 3.20. The van der Waals surface area contributed by atoms with Crippen LogP contribution in [0.25, 0.3) is 0 Å². The second-order valence-corrected chi connectivity index (χ2v) is 5.85. The standard InChI is InChI=1S/C24H26O6/c1-3-13-27-21-5-9-23(10-6-21)29-19-17-25-15-16-26-18-20-30-24-11-7-22(8-12-24)28-14-4-2/h1-2,5-12H,13-20H2. The van der Waals surface area contributed by atoms with Gasteiger partial charge in [-0.05, 0) is 48.5 Å². The van der Waals surface area contributed by atoms with Crippen molar-refractivity contribution in [3.8, 4) is 47.7 Å². The van der Waals surface area contributed by atoms with Crippen LogP contribution in [0.4, 0.5) is 0 Å². The fraction of sp³-hybridized carbons (Fsp3) is 0.333. The van der Waals surface area contributed by atoms with Gasteiger partial charge in [0.25, 0.3) is 0 Å². The number of terminal acetylenes is 2. The summed E-state index contributed by atoms with van der Waals surface area (Å²) in [5.74, 6) is 7.75. The van der Waals surface area contributed by atoms with Gasteiger partial charge in [-0.25, -0.2) is 0 Å². The van der Waals surface area contributed by atoms with Crippen LogP contribution in [0.5, 0.6) is 23.0 Å². The molecule has 30 heavy (non-hydrogen) atoms. The zero-order valence-corrected chi connectivity index (χ0v) is 16.9. The summed E-state index contributed by atoms with van der Waals surface area (Å²) in [5, 5.41) is 0. The van der Waals surface area contributed by atoms with Gasteiger partial charge in [0.1, 0.15) is 49.4 Å². The molecule has 0 aliphatic rings. The Kier molecular flexibility index (Phi) is 11.2. The third kappa shape index (κ3) is 9.75. The third-order valence-corrected chi connectivity index (χ3v) is 3.66. The first kappa shape index (κ1) is 23.0. The van der Waals surface area contributed by atoms with E-state index in [1.54, 1.807) is 0 Å². The molecule has 0 spiro atoms. The van der Waals surface area contributed by atoms with E-state index in [-0.39, 0.29) is 13.2 Å². The van der Waals surface area contributed by atoms with E-state index in [1.165, 1.54) is 0 Å². The average Bonchev–Trinajstić information content (AvgIpc) is 2.79. The first-order chi connectivity index (χ1) is 14.8. The molecule has 2 rings (SSSR count). The highest BCUT2D eigenvalue weighted by atomic mass is 16.6. The summed E-state index contributed by atoms with van der Waals surface area (Å²) in [6.07, 6.45) is 10.3. The number of rotatable bonds is 15. The van der Waals surface area contributed by atoms with Crippen LogP contribution in [-0.4, -0.2) is 52.9 Å². The van der Waals surface area contributed by atoms with Gasteiger partial charge in [-0.15, -0.1) is 12.8 Å². The molecule has 0 aliphatic carbocycles. The van der Waals surface area contributed by atoms with E-state index >= 15 is 0 Å². The Labute approximate surface area is 178 Å². The Morgan fingerprint density at radius 1 is 0.467 bits per heavy atom. The fourth-order valence-corrected chi connectivity index (χ4v) is 2.27. The quantitative estimate of drug-likeness (QED) is 0.332. The van der Waals surface area contributed by atoms with Crippen molar-refractivity contribution >= 4 is 0 Å². The Balaban J connectivity index is 1.43. The molecule has 0 radical (unpaired) electrons.